The molecule has 0 radical (unpaired) electrons. The Bertz CT molecular complexity index is 575. The second-order valence-corrected chi connectivity index (χ2v) is 5.06. The van der Waals surface area contributed by atoms with E-state index in [1.165, 1.54) is 0 Å². The van der Waals surface area contributed by atoms with E-state index in [4.69, 9.17) is 0 Å². The van der Waals surface area contributed by atoms with Crippen LogP contribution in [0, 0.1) is 0 Å². The lowest BCUT2D eigenvalue weighted by Crippen LogP contribution is -2.66. The van der Waals surface area contributed by atoms with Crippen molar-refractivity contribution in [3.05, 3.63) is 30.3 Å². The fourth-order valence-electron chi connectivity index (χ4n) is 2.60. The Kier molecular flexibility index (Phi) is 3.47. The van der Waals surface area contributed by atoms with Crippen LogP contribution in [0.2, 0.25) is 0 Å². The van der Waals surface area contributed by atoms with Crippen molar-refractivity contribution in [3.8, 4) is 0 Å². The maximum atomic E-state index is 12.2. The van der Waals surface area contributed by atoms with E-state index in [2.05, 4.69) is 10.6 Å². The Morgan fingerprint density at radius 2 is 1.95 bits per heavy atom. The van der Waals surface area contributed by atoms with Crippen molar-refractivity contribution < 1.29 is 14.4 Å². The van der Waals surface area contributed by atoms with Crippen LogP contribution in [0.15, 0.2) is 30.3 Å². The lowest BCUT2D eigenvalue weighted by Gasteiger charge is -2.42. The highest BCUT2D eigenvalue weighted by Gasteiger charge is 2.39. The van der Waals surface area contributed by atoms with Gasteiger partial charge < -0.3 is 20.4 Å². The molecule has 0 bridgehead atoms. The number of rotatable bonds is 1. The number of carbonyl (C=O) groups excluding carboxylic acids is 3. The number of piperazine rings is 2. The molecule has 0 aliphatic carbocycles. The van der Waals surface area contributed by atoms with Crippen LogP contribution >= 0.6 is 0 Å². The smallest absolute Gasteiger partial charge is 0.321 e. The number of benzene rings is 1. The first-order valence-electron chi connectivity index (χ1n) is 6.83. The molecule has 2 fully saturated rings. The number of anilines is 1. The molecule has 4 amide bonds. The van der Waals surface area contributed by atoms with Crippen molar-refractivity contribution in [2.45, 2.75) is 6.04 Å². The zero-order valence-electron chi connectivity index (χ0n) is 11.4. The molecule has 7 heteroatoms. The molecule has 0 saturated carbocycles. The van der Waals surface area contributed by atoms with E-state index in [-0.39, 0.29) is 30.9 Å². The molecule has 0 aromatic heterocycles. The number of hydrogen-bond donors (Lipinski definition) is 2. The van der Waals surface area contributed by atoms with E-state index in [9.17, 15) is 14.4 Å². The van der Waals surface area contributed by atoms with Gasteiger partial charge in [0, 0.05) is 18.8 Å². The number of para-hydroxylation sites is 1. The van der Waals surface area contributed by atoms with Crippen LogP contribution in [-0.4, -0.2) is 59.9 Å². The summed E-state index contributed by atoms with van der Waals surface area (Å²) >= 11 is 0. The van der Waals surface area contributed by atoms with Gasteiger partial charge in [0.15, 0.2) is 0 Å². The van der Waals surface area contributed by atoms with Gasteiger partial charge in [-0.2, -0.15) is 0 Å². The van der Waals surface area contributed by atoms with E-state index < -0.39 is 6.04 Å². The maximum absolute atomic E-state index is 12.2. The predicted molar refractivity (Wildman–Crippen MR) is 75.5 cm³/mol. The van der Waals surface area contributed by atoms with Gasteiger partial charge in [-0.25, -0.2) is 4.79 Å². The first-order valence-corrected chi connectivity index (χ1v) is 6.83. The minimum Gasteiger partial charge on any atom is -0.345 e. The van der Waals surface area contributed by atoms with Crippen LogP contribution in [-0.2, 0) is 9.59 Å². The largest absolute Gasteiger partial charge is 0.345 e. The highest BCUT2D eigenvalue weighted by atomic mass is 16.2. The maximum Gasteiger partial charge on any atom is 0.321 e. The molecule has 2 N–H and O–H groups in total. The molecule has 1 aromatic carbocycles. The molecule has 7 nitrogen and oxygen atoms in total. The van der Waals surface area contributed by atoms with Gasteiger partial charge in [0.25, 0.3) is 0 Å². The zero-order valence-corrected chi connectivity index (χ0v) is 11.4. The molecule has 0 unspecified atom stereocenters. The third-order valence-corrected chi connectivity index (χ3v) is 3.73. The van der Waals surface area contributed by atoms with Crippen LogP contribution < -0.4 is 10.6 Å². The van der Waals surface area contributed by atoms with Gasteiger partial charge in [-0.15, -0.1) is 0 Å². The third-order valence-electron chi connectivity index (χ3n) is 3.73. The molecule has 2 aliphatic heterocycles. The van der Waals surface area contributed by atoms with Crippen LogP contribution in [0.25, 0.3) is 0 Å². The van der Waals surface area contributed by atoms with E-state index in [1.807, 2.05) is 18.2 Å². The third kappa shape index (κ3) is 2.67. The second-order valence-electron chi connectivity index (χ2n) is 5.06. The number of hydrogen-bond acceptors (Lipinski definition) is 3. The van der Waals surface area contributed by atoms with Crippen LogP contribution in [0.4, 0.5) is 10.5 Å². The Hall–Kier alpha value is -2.57. The monoisotopic (exact) mass is 288 g/mol. The Morgan fingerprint density at radius 3 is 2.71 bits per heavy atom. The average Bonchev–Trinajstić information content (AvgIpc) is 2.52. The Labute approximate surface area is 121 Å². The highest BCUT2D eigenvalue weighted by Crippen LogP contribution is 2.15. The van der Waals surface area contributed by atoms with Gasteiger partial charge in [-0.3, -0.25) is 9.59 Å². The summed E-state index contributed by atoms with van der Waals surface area (Å²) in [6, 6.07) is 8.29. The van der Waals surface area contributed by atoms with Gasteiger partial charge in [0.05, 0.1) is 13.1 Å². The summed E-state index contributed by atoms with van der Waals surface area (Å²) < 4.78 is 0. The molecule has 2 saturated heterocycles. The summed E-state index contributed by atoms with van der Waals surface area (Å²) in [4.78, 5) is 38.9. The lowest BCUT2D eigenvalue weighted by atomic mass is 10.1. The molecule has 3 rings (SSSR count). The van der Waals surface area contributed by atoms with Gasteiger partial charge >= 0.3 is 6.03 Å². The van der Waals surface area contributed by atoms with E-state index in [0.717, 1.165) is 0 Å². The molecule has 110 valence electrons. The Balaban J connectivity index is 1.66. The van der Waals surface area contributed by atoms with Gasteiger partial charge in [-0.05, 0) is 12.1 Å². The minimum atomic E-state index is -0.582. The Morgan fingerprint density at radius 1 is 1.19 bits per heavy atom. The van der Waals surface area contributed by atoms with Crippen molar-refractivity contribution in [1.29, 1.82) is 0 Å². The first kappa shape index (κ1) is 13.4. The van der Waals surface area contributed by atoms with Crippen LogP contribution in [0.5, 0.6) is 0 Å². The van der Waals surface area contributed by atoms with Crippen molar-refractivity contribution in [2.75, 3.05) is 31.5 Å². The van der Waals surface area contributed by atoms with E-state index in [0.29, 0.717) is 18.8 Å². The summed E-state index contributed by atoms with van der Waals surface area (Å²) in [6.45, 7) is 1.08. The quantitative estimate of drug-likeness (QED) is 0.754. The van der Waals surface area contributed by atoms with Crippen LogP contribution in [0.3, 0.4) is 0 Å². The van der Waals surface area contributed by atoms with Gasteiger partial charge in [0.2, 0.25) is 11.8 Å². The summed E-state index contributed by atoms with van der Waals surface area (Å²) in [5.74, 6) is -0.297. The molecule has 2 heterocycles. The van der Waals surface area contributed by atoms with Crippen LogP contribution in [0.1, 0.15) is 0 Å². The molecular weight excluding hydrogens is 272 g/mol. The number of urea groups is 1. The van der Waals surface area contributed by atoms with Crippen molar-refractivity contribution in [1.82, 2.24) is 15.1 Å². The van der Waals surface area contributed by atoms with Crippen molar-refractivity contribution in [3.63, 3.8) is 0 Å². The summed E-state index contributed by atoms with van der Waals surface area (Å²) in [7, 11) is 0. The zero-order chi connectivity index (χ0) is 14.8. The highest BCUT2D eigenvalue weighted by molar-refractivity contribution is 5.96. The molecule has 0 spiro atoms. The molecular formula is C14H16N4O3. The fourth-order valence-corrected chi connectivity index (χ4v) is 2.60. The van der Waals surface area contributed by atoms with E-state index >= 15 is 0 Å². The number of nitrogens with one attached hydrogen (secondary N) is 2. The predicted octanol–water partition coefficient (Wildman–Crippen LogP) is -0.139. The second kappa shape index (κ2) is 5.43. The van der Waals surface area contributed by atoms with Gasteiger partial charge in [0.1, 0.15) is 6.04 Å². The number of amides is 4. The standard InChI is InChI=1S/C14H16N4O3/c19-12-8-15-13(20)11-9-17(6-7-18(11)12)14(21)16-10-4-2-1-3-5-10/h1-5,11H,6-9H2,(H,15,20)(H,16,21)/t11-/m0/s1. The fraction of sp³-hybridized carbons (Fsp3) is 0.357. The number of fused-ring (bicyclic) bond motifs is 1. The summed E-state index contributed by atoms with van der Waals surface area (Å²) in [6.07, 6.45) is 0. The van der Waals surface area contributed by atoms with Crippen molar-refractivity contribution in [2.24, 2.45) is 0 Å². The number of nitrogens with zero attached hydrogens (tertiary/aromatic N) is 2. The first-order chi connectivity index (χ1) is 10.1. The molecule has 21 heavy (non-hydrogen) atoms. The van der Waals surface area contributed by atoms with Crippen molar-refractivity contribution >= 4 is 23.5 Å². The summed E-state index contributed by atoms with van der Waals surface area (Å²) in [5, 5.41) is 5.34. The summed E-state index contributed by atoms with van der Waals surface area (Å²) in [5.41, 5.74) is 0.703. The SMILES string of the molecule is O=C1NCC(=O)N2CCN(C(=O)Nc3ccccc3)C[C@@H]12. The van der Waals surface area contributed by atoms with E-state index in [1.54, 1.807) is 21.9 Å². The number of carbonyl (C=O) groups is 3. The molecule has 1 atom stereocenters. The van der Waals surface area contributed by atoms with Gasteiger partial charge in [-0.1, -0.05) is 18.2 Å². The normalized spacial score (nSPS) is 21.6. The lowest BCUT2D eigenvalue weighted by molar-refractivity contribution is -0.148. The molecule has 2 aliphatic rings. The minimum absolute atomic E-state index is 0.0472. The molecule has 1 aromatic rings. The average molecular weight is 288 g/mol. The topological polar surface area (TPSA) is 81.8 Å².